The van der Waals surface area contributed by atoms with Gasteiger partial charge in [0.2, 0.25) is 10.0 Å². The maximum atomic E-state index is 12.4. The number of thiophene rings is 1. The van der Waals surface area contributed by atoms with Crippen LogP contribution in [0.1, 0.15) is 37.7 Å². The summed E-state index contributed by atoms with van der Waals surface area (Å²) in [6.07, 6.45) is 7.59. The van der Waals surface area contributed by atoms with E-state index < -0.39 is 10.0 Å². The van der Waals surface area contributed by atoms with E-state index >= 15 is 0 Å². The maximum Gasteiger partial charge on any atom is 0.250 e. The van der Waals surface area contributed by atoms with E-state index in [0.717, 1.165) is 31.4 Å². The molecule has 1 heterocycles. The summed E-state index contributed by atoms with van der Waals surface area (Å²) in [5, 5.41) is 5.96. The van der Waals surface area contributed by atoms with Crippen LogP contribution in [0.15, 0.2) is 15.7 Å². The lowest BCUT2D eigenvalue weighted by atomic mass is 10.3. The molecule has 7 heteroatoms. The van der Waals surface area contributed by atoms with E-state index in [1.165, 1.54) is 24.2 Å². The van der Waals surface area contributed by atoms with Gasteiger partial charge in [0, 0.05) is 23.9 Å². The molecule has 2 fully saturated rings. The van der Waals surface area contributed by atoms with E-state index in [1.807, 2.05) is 23.2 Å². The normalized spacial score (nSPS) is 26.3. The predicted molar refractivity (Wildman–Crippen MR) is 89.4 cm³/mol. The predicted octanol–water partition coefficient (Wildman–Crippen LogP) is 2.56. The monoisotopic (exact) mass is 346 g/mol. The summed E-state index contributed by atoms with van der Waals surface area (Å²) in [5.41, 5.74) is 1.07. The van der Waals surface area contributed by atoms with Gasteiger partial charge in [-0.05, 0) is 55.4 Å². The minimum atomic E-state index is -3.35. The highest BCUT2D eigenvalue weighted by atomic mass is 32.2. The summed E-state index contributed by atoms with van der Waals surface area (Å²) in [6.45, 7) is 0.772. The molecule has 0 aliphatic heterocycles. The van der Waals surface area contributed by atoms with Gasteiger partial charge >= 0.3 is 0 Å². The molecule has 118 valence electrons. The van der Waals surface area contributed by atoms with Gasteiger partial charge < -0.3 is 5.32 Å². The van der Waals surface area contributed by atoms with Crippen molar-refractivity contribution >= 4 is 33.1 Å². The highest BCUT2D eigenvalue weighted by Gasteiger charge is 2.29. The fourth-order valence-electron chi connectivity index (χ4n) is 2.68. The van der Waals surface area contributed by atoms with Crippen LogP contribution in [0.3, 0.4) is 0 Å². The zero-order valence-corrected chi connectivity index (χ0v) is 14.6. The molecule has 3 rings (SSSR count). The minimum absolute atomic E-state index is 0.0996. The first-order valence-electron chi connectivity index (χ1n) is 7.43. The van der Waals surface area contributed by atoms with Gasteiger partial charge in [-0.15, -0.1) is 11.3 Å². The molecule has 2 atom stereocenters. The highest BCUT2D eigenvalue weighted by molar-refractivity contribution is 7.99. The Balaban J connectivity index is 1.58. The van der Waals surface area contributed by atoms with Crippen LogP contribution in [0.5, 0.6) is 0 Å². The summed E-state index contributed by atoms with van der Waals surface area (Å²) in [6, 6.07) is 2.55. The van der Waals surface area contributed by atoms with E-state index in [0.29, 0.717) is 15.5 Å². The van der Waals surface area contributed by atoms with E-state index in [-0.39, 0.29) is 6.04 Å². The lowest BCUT2D eigenvalue weighted by Crippen LogP contribution is -2.32. The van der Waals surface area contributed by atoms with Crippen molar-refractivity contribution in [2.45, 2.75) is 60.2 Å². The molecule has 0 amide bonds. The molecule has 0 radical (unpaired) electrons. The Kier molecular flexibility index (Phi) is 4.95. The van der Waals surface area contributed by atoms with Crippen molar-refractivity contribution in [3.8, 4) is 0 Å². The number of nitrogens with one attached hydrogen (secondary N) is 2. The fraction of sp³-hybridized carbons (Fsp3) is 0.714. The lowest BCUT2D eigenvalue weighted by Gasteiger charge is -2.12. The van der Waals surface area contributed by atoms with Crippen molar-refractivity contribution in [1.29, 1.82) is 0 Å². The Morgan fingerprint density at radius 1 is 1.29 bits per heavy atom. The molecule has 2 N–H and O–H groups in total. The molecule has 1 aromatic heterocycles. The molecule has 0 bridgehead atoms. The first-order chi connectivity index (χ1) is 10.1. The third kappa shape index (κ3) is 4.22. The molecular formula is C14H22N2O2S3. The van der Waals surface area contributed by atoms with Crippen LogP contribution in [-0.4, -0.2) is 32.0 Å². The average molecular weight is 347 g/mol. The number of thioether (sulfide) groups is 1. The van der Waals surface area contributed by atoms with Crippen molar-refractivity contribution in [1.82, 2.24) is 10.0 Å². The SMILES string of the molecule is CSC1CCC(NS(=O)(=O)c2cc(CNC3CC3)cs2)C1. The van der Waals surface area contributed by atoms with Crippen LogP contribution in [0.2, 0.25) is 0 Å². The lowest BCUT2D eigenvalue weighted by molar-refractivity contribution is 0.554. The molecule has 0 spiro atoms. The van der Waals surface area contributed by atoms with Crippen LogP contribution in [0.25, 0.3) is 0 Å². The van der Waals surface area contributed by atoms with Gasteiger partial charge in [-0.1, -0.05) is 0 Å². The summed E-state index contributed by atoms with van der Waals surface area (Å²) >= 11 is 3.16. The maximum absolute atomic E-state index is 12.4. The first-order valence-corrected chi connectivity index (χ1v) is 11.1. The topological polar surface area (TPSA) is 58.2 Å². The molecule has 1 aromatic rings. The Hall–Kier alpha value is -0.0800. The van der Waals surface area contributed by atoms with Gasteiger partial charge in [-0.25, -0.2) is 13.1 Å². The van der Waals surface area contributed by atoms with Crippen molar-refractivity contribution in [3.63, 3.8) is 0 Å². The van der Waals surface area contributed by atoms with Gasteiger partial charge in [-0.2, -0.15) is 11.8 Å². The molecule has 0 aromatic carbocycles. The molecular weight excluding hydrogens is 324 g/mol. The molecule has 0 saturated heterocycles. The van der Waals surface area contributed by atoms with Crippen molar-refractivity contribution in [3.05, 3.63) is 17.0 Å². The smallest absolute Gasteiger partial charge is 0.250 e. The van der Waals surface area contributed by atoms with Crippen LogP contribution in [0.4, 0.5) is 0 Å². The molecule has 2 aliphatic rings. The van der Waals surface area contributed by atoms with Gasteiger partial charge in [-0.3, -0.25) is 0 Å². The molecule has 21 heavy (non-hydrogen) atoms. The number of hydrogen-bond donors (Lipinski definition) is 2. The van der Waals surface area contributed by atoms with Crippen LogP contribution >= 0.6 is 23.1 Å². The van der Waals surface area contributed by atoms with Crippen LogP contribution < -0.4 is 10.0 Å². The Bertz CT molecular complexity index is 581. The third-order valence-corrected chi connectivity index (χ3v) is 8.21. The molecule has 2 saturated carbocycles. The average Bonchev–Trinajstić information content (AvgIpc) is 2.98. The number of hydrogen-bond acceptors (Lipinski definition) is 5. The molecule has 2 unspecified atom stereocenters. The second kappa shape index (κ2) is 6.58. The zero-order chi connectivity index (χ0) is 14.9. The summed E-state index contributed by atoms with van der Waals surface area (Å²) in [7, 11) is -3.35. The number of rotatable bonds is 7. The van der Waals surface area contributed by atoms with E-state index in [2.05, 4.69) is 16.3 Å². The molecule has 4 nitrogen and oxygen atoms in total. The largest absolute Gasteiger partial charge is 0.310 e. The Labute approximate surface area is 135 Å². The second-order valence-electron chi connectivity index (χ2n) is 5.92. The van der Waals surface area contributed by atoms with Crippen molar-refractivity contribution in [2.75, 3.05) is 6.26 Å². The number of sulfonamides is 1. The van der Waals surface area contributed by atoms with Gasteiger partial charge in [0.25, 0.3) is 0 Å². The standard InChI is InChI=1S/C14H22N2O2S3/c1-19-13-5-4-12(7-13)16-21(17,18)14-6-10(9-20-14)8-15-11-2-3-11/h6,9,11-13,15-16H,2-5,7-8H2,1H3. The van der Waals surface area contributed by atoms with Gasteiger partial charge in [0.15, 0.2) is 0 Å². The van der Waals surface area contributed by atoms with Gasteiger partial charge in [0.1, 0.15) is 4.21 Å². The summed E-state index contributed by atoms with van der Waals surface area (Å²) in [5.74, 6) is 0. The van der Waals surface area contributed by atoms with Crippen LogP contribution in [-0.2, 0) is 16.6 Å². The third-order valence-electron chi connectivity index (χ3n) is 4.11. The Morgan fingerprint density at radius 2 is 2.05 bits per heavy atom. The highest BCUT2D eigenvalue weighted by Crippen LogP contribution is 2.30. The Morgan fingerprint density at radius 3 is 2.71 bits per heavy atom. The van der Waals surface area contributed by atoms with Crippen molar-refractivity contribution in [2.24, 2.45) is 0 Å². The van der Waals surface area contributed by atoms with Gasteiger partial charge in [0.05, 0.1) is 0 Å². The summed E-state index contributed by atoms with van der Waals surface area (Å²) < 4.78 is 28.2. The fourth-order valence-corrected chi connectivity index (χ4v) is 5.98. The second-order valence-corrected chi connectivity index (χ2v) is 9.91. The minimum Gasteiger partial charge on any atom is -0.310 e. The van der Waals surface area contributed by atoms with Crippen molar-refractivity contribution < 1.29 is 8.42 Å². The van der Waals surface area contributed by atoms with E-state index in [4.69, 9.17) is 0 Å². The van der Waals surface area contributed by atoms with E-state index in [9.17, 15) is 8.42 Å². The van der Waals surface area contributed by atoms with Crippen LogP contribution in [0, 0.1) is 0 Å². The zero-order valence-electron chi connectivity index (χ0n) is 12.2. The molecule has 2 aliphatic carbocycles. The quantitative estimate of drug-likeness (QED) is 0.797. The first kappa shape index (κ1) is 15.8. The summed E-state index contributed by atoms with van der Waals surface area (Å²) in [4.78, 5) is 0. The van der Waals surface area contributed by atoms with E-state index in [1.54, 1.807) is 0 Å².